The van der Waals surface area contributed by atoms with Crippen molar-refractivity contribution in [1.82, 2.24) is 0 Å². The first-order valence-corrected chi connectivity index (χ1v) is 7.47. The average molecular weight is 317 g/mol. The van der Waals surface area contributed by atoms with Gasteiger partial charge in [0.25, 0.3) is 0 Å². The molecule has 0 heterocycles. The summed E-state index contributed by atoms with van der Waals surface area (Å²) in [6, 6.07) is 16.4. The monoisotopic (exact) mass is 316 g/mol. The maximum Gasteiger partial charge on any atom is 0.185 e. The van der Waals surface area contributed by atoms with Crippen molar-refractivity contribution < 1.29 is 14.6 Å². The maximum absolute atomic E-state index is 11.9. The largest absolute Gasteiger partial charge is 0.491 e. The van der Waals surface area contributed by atoms with Crippen LogP contribution in [0.5, 0.6) is 5.75 Å². The van der Waals surface area contributed by atoms with Crippen LogP contribution in [0.1, 0.15) is 15.9 Å². The van der Waals surface area contributed by atoms with Gasteiger partial charge in [0.15, 0.2) is 5.78 Å². The van der Waals surface area contributed by atoms with Gasteiger partial charge in [-0.1, -0.05) is 48.5 Å². The standard InChI is InChI=1S/C18H17ClO3/c19-12-16(20)13-22-17-9-6-14(7-10-17)8-11-18(21)15-4-2-1-3-5-15/h1-11,16,20H,12-13H2/t16-/m0/s1. The normalized spacial score (nSPS) is 12.3. The second-order valence-electron chi connectivity index (χ2n) is 4.75. The maximum atomic E-state index is 11.9. The molecule has 0 fully saturated rings. The second-order valence-corrected chi connectivity index (χ2v) is 5.06. The summed E-state index contributed by atoms with van der Waals surface area (Å²) in [6.07, 6.45) is 2.62. The number of aliphatic hydroxyl groups excluding tert-OH is 1. The number of aliphatic hydroxyl groups is 1. The van der Waals surface area contributed by atoms with Crippen LogP contribution in [-0.4, -0.2) is 29.5 Å². The Labute approximate surface area is 134 Å². The van der Waals surface area contributed by atoms with Crippen LogP contribution in [0.2, 0.25) is 0 Å². The zero-order chi connectivity index (χ0) is 15.8. The summed E-state index contributed by atoms with van der Waals surface area (Å²) >= 11 is 5.49. The first kappa shape index (κ1) is 16.3. The smallest absolute Gasteiger partial charge is 0.185 e. The fraction of sp³-hybridized carbons (Fsp3) is 0.167. The van der Waals surface area contributed by atoms with Gasteiger partial charge in [-0.15, -0.1) is 11.6 Å². The first-order valence-electron chi connectivity index (χ1n) is 6.93. The molecule has 0 aromatic heterocycles. The van der Waals surface area contributed by atoms with E-state index < -0.39 is 6.10 Å². The zero-order valence-electron chi connectivity index (χ0n) is 12.0. The number of ether oxygens (including phenoxy) is 1. The molecule has 2 aromatic carbocycles. The summed E-state index contributed by atoms with van der Waals surface area (Å²) in [6.45, 7) is 0.158. The van der Waals surface area contributed by atoms with Crippen molar-refractivity contribution >= 4 is 23.5 Å². The Morgan fingerprint density at radius 1 is 1.14 bits per heavy atom. The van der Waals surface area contributed by atoms with Crippen LogP contribution in [0.3, 0.4) is 0 Å². The molecule has 0 aliphatic carbocycles. The van der Waals surface area contributed by atoms with E-state index in [0.717, 1.165) is 5.56 Å². The fourth-order valence-corrected chi connectivity index (χ4v) is 1.87. The molecule has 0 aliphatic rings. The van der Waals surface area contributed by atoms with Gasteiger partial charge in [0.05, 0.1) is 5.88 Å². The number of halogens is 1. The predicted molar refractivity (Wildman–Crippen MR) is 88.5 cm³/mol. The molecule has 0 aliphatic heterocycles. The molecular formula is C18H17ClO3. The van der Waals surface area contributed by atoms with Gasteiger partial charge < -0.3 is 9.84 Å². The molecule has 0 radical (unpaired) electrons. The van der Waals surface area contributed by atoms with E-state index in [2.05, 4.69) is 0 Å². The summed E-state index contributed by atoms with van der Waals surface area (Å²) in [5, 5.41) is 9.32. The Hall–Kier alpha value is -2.10. The summed E-state index contributed by atoms with van der Waals surface area (Å²) < 4.78 is 5.38. The van der Waals surface area contributed by atoms with E-state index in [1.165, 1.54) is 0 Å². The van der Waals surface area contributed by atoms with E-state index in [4.69, 9.17) is 16.3 Å². The lowest BCUT2D eigenvalue weighted by Gasteiger charge is -2.09. The van der Waals surface area contributed by atoms with Gasteiger partial charge in [0.2, 0.25) is 0 Å². The Morgan fingerprint density at radius 2 is 1.82 bits per heavy atom. The Kier molecular flexibility index (Phi) is 6.19. The fourth-order valence-electron chi connectivity index (χ4n) is 1.78. The topological polar surface area (TPSA) is 46.5 Å². The molecule has 1 atom stereocenters. The van der Waals surface area contributed by atoms with Crippen molar-refractivity contribution in [2.24, 2.45) is 0 Å². The number of hydrogen-bond donors (Lipinski definition) is 1. The highest BCUT2D eigenvalue weighted by molar-refractivity contribution is 6.18. The summed E-state index contributed by atoms with van der Waals surface area (Å²) in [7, 11) is 0. The molecule has 3 nitrogen and oxygen atoms in total. The van der Waals surface area contributed by atoms with Crippen LogP contribution in [0.15, 0.2) is 60.7 Å². The predicted octanol–water partition coefficient (Wildman–Crippen LogP) is 3.56. The number of allylic oxidation sites excluding steroid dienone is 1. The molecular weight excluding hydrogens is 300 g/mol. The Balaban J connectivity index is 1.93. The van der Waals surface area contributed by atoms with Crippen molar-refractivity contribution in [3.63, 3.8) is 0 Å². The van der Waals surface area contributed by atoms with E-state index in [1.807, 2.05) is 30.3 Å². The van der Waals surface area contributed by atoms with Crippen molar-refractivity contribution in [2.75, 3.05) is 12.5 Å². The highest BCUT2D eigenvalue weighted by Crippen LogP contribution is 2.14. The van der Waals surface area contributed by atoms with Crippen LogP contribution in [-0.2, 0) is 0 Å². The third-order valence-electron chi connectivity index (χ3n) is 2.99. The molecule has 0 saturated heterocycles. The average Bonchev–Trinajstić information content (AvgIpc) is 2.59. The van der Waals surface area contributed by atoms with Crippen molar-refractivity contribution in [3.05, 3.63) is 71.8 Å². The minimum Gasteiger partial charge on any atom is -0.491 e. The highest BCUT2D eigenvalue weighted by atomic mass is 35.5. The van der Waals surface area contributed by atoms with Crippen molar-refractivity contribution in [1.29, 1.82) is 0 Å². The Morgan fingerprint density at radius 3 is 2.45 bits per heavy atom. The van der Waals surface area contributed by atoms with E-state index in [9.17, 15) is 9.90 Å². The number of benzene rings is 2. The summed E-state index contributed by atoms with van der Waals surface area (Å²) in [4.78, 5) is 11.9. The SMILES string of the molecule is O=C(C=Cc1ccc(OC[C@@H](O)CCl)cc1)c1ccccc1. The van der Waals surface area contributed by atoms with Crippen LogP contribution in [0.4, 0.5) is 0 Å². The second kappa shape index (κ2) is 8.37. The Bertz CT molecular complexity index is 621. The molecule has 22 heavy (non-hydrogen) atoms. The van der Waals surface area contributed by atoms with Crippen LogP contribution >= 0.6 is 11.6 Å². The van der Waals surface area contributed by atoms with Gasteiger partial charge in [0, 0.05) is 5.56 Å². The third-order valence-corrected chi connectivity index (χ3v) is 3.34. The van der Waals surface area contributed by atoms with E-state index in [-0.39, 0.29) is 18.3 Å². The van der Waals surface area contributed by atoms with Crippen LogP contribution in [0, 0.1) is 0 Å². The lowest BCUT2D eigenvalue weighted by atomic mass is 10.1. The lowest BCUT2D eigenvalue weighted by molar-refractivity contribution is 0.104. The minimum atomic E-state index is -0.676. The molecule has 0 bridgehead atoms. The molecule has 0 spiro atoms. The van der Waals surface area contributed by atoms with Crippen LogP contribution < -0.4 is 4.74 Å². The zero-order valence-corrected chi connectivity index (χ0v) is 12.7. The van der Waals surface area contributed by atoms with E-state index >= 15 is 0 Å². The van der Waals surface area contributed by atoms with Gasteiger partial charge in [0.1, 0.15) is 18.5 Å². The number of hydrogen-bond acceptors (Lipinski definition) is 3. The van der Waals surface area contributed by atoms with E-state index in [0.29, 0.717) is 11.3 Å². The number of carbonyl (C=O) groups is 1. The number of carbonyl (C=O) groups excluding carboxylic acids is 1. The summed E-state index contributed by atoms with van der Waals surface area (Å²) in [5.41, 5.74) is 1.56. The number of alkyl halides is 1. The molecule has 0 saturated carbocycles. The quantitative estimate of drug-likeness (QED) is 0.482. The molecule has 114 valence electrons. The third kappa shape index (κ3) is 5.02. The van der Waals surface area contributed by atoms with Gasteiger partial charge in [-0.2, -0.15) is 0 Å². The molecule has 4 heteroatoms. The molecule has 0 unspecified atom stereocenters. The van der Waals surface area contributed by atoms with Gasteiger partial charge in [-0.3, -0.25) is 4.79 Å². The number of ketones is 1. The summed E-state index contributed by atoms with van der Waals surface area (Å²) in [5.74, 6) is 0.754. The van der Waals surface area contributed by atoms with Crippen molar-refractivity contribution in [2.45, 2.75) is 6.10 Å². The molecule has 2 rings (SSSR count). The molecule has 1 N–H and O–H groups in total. The molecule has 2 aromatic rings. The van der Waals surface area contributed by atoms with E-state index in [1.54, 1.807) is 36.4 Å². The van der Waals surface area contributed by atoms with Gasteiger partial charge in [-0.25, -0.2) is 0 Å². The van der Waals surface area contributed by atoms with Gasteiger partial charge >= 0.3 is 0 Å². The number of rotatable bonds is 7. The van der Waals surface area contributed by atoms with Crippen molar-refractivity contribution in [3.8, 4) is 5.75 Å². The minimum absolute atomic E-state index is 0.0360. The first-order chi connectivity index (χ1) is 10.7. The van der Waals surface area contributed by atoms with Gasteiger partial charge in [-0.05, 0) is 23.8 Å². The lowest BCUT2D eigenvalue weighted by Crippen LogP contribution is -2.18. The van der Waals surface area contributed by atoms with Crippen LogP contribution in [0.25, 0.3) is 6.08 Å². The molecule has 0 amide bonds. The highest BCUT2D eigenvalue weighted by Gasteiger charge is 2.03.